The van der Waals surface area contributed by atoms with E-state index in [9.17, 15) is 0 Å². The van der Waals surface area contributed by atoms with Gasteiger partial charge < -0.3 is 15.4 Å². The third-order valence-corrected chi connectivity index (χ3v) is 4.88. The number of hydrogen-bond donors (Lipinski definition) is 2. The Labute approximate surface area is 179 Å². The third kappa shape index (κ3) is 7.98. The molecule has 7 heteroatoms. The fourth-order valence-electron chi connectivity index (χ4n) is 2.95. The molecule has 1 fully saturated rings. The first kappa shape index (κ1) is 23.5. The number of nitrogens with zero attached hydrogens (tertiary/aromatic N) is 2. The Morgan fingerprint density at radius 2 is 1.85 bits per heavy atom. The summed E-state index contributed by atoms with van der Waals surface area (Å²) in [5.41, 5.74) is 1.38. The van der Waals surface area contributed by atoms with Gasteiger partial charge in [-0.05, 0) is 44.4 Å². The fourth-order valence-corrected chi connectivity index (χ4v) is 3.08. The number of rotatable bonds is 7. The standard InChI is InChI=1S/C19H31ClN4O.HI/c1-19(2,24-11-13-25-14-12-24)15-23-18(21-3)22-10-4-5-16-6-8-17(20)9-7-16;/h6-9H,4-5,10-15H2,1-3H3,(H2,21,22,23);1H. The van der Waals surface area contributed by atoms with Crippen LogP contribution >= 0.6 is 35.6 Å². The number of morpholine rings is 1. The highest BCUT2D eigenvalue weighted by atomic mass is 127. The number of ether oxygens (including phenoxy) is 1. The molecule has 0 unspecified atom stereocenters. The second-order valence-electron chi connectivity index (χ2n) is 6.99. The lowest BCUT2D eigenvalue weighted by Crippen LogP contribution is -2.56. The van der Waals surface area contributed by atoms with Gasteiger partial charge in [-0.1, -0.05) is 23.7 Å². The molecule has 1 aliphatic heterocycles. The molecule has 0 aromatic heterocycles. The van der Waals surface area contributed by atoms with Crippen molar-refractivity contribution in [2.75, 3.05) is 46.4 Å². The number of aliphatic imine (C=N–C) groups is 1. The van der Waals surface area contributed by atoms with E-state index in [2.05, 4.69) is 46.5 Å². The highest BCUT2D eigenvalue weighted by molar-refractivity contribution is 14.0. The zero-order valence-corrected chi connectivity index (χ0v) is 19.1. The molecule has 0 saturated carbocycles. The normalized spacial score (nSPS) is 16.1. The molecule has 26 heavy (non-hydrogen) atoms. The van der Waals surface area contributed by atoms with Crippen molar-refractivity contribution in [3.8, 4) is 0 Å². The van der Waals surface area contributed by atoms with E-state index in [1.54, 1.807) is 0 Å². The molecule has 1 heterocycles. The Morgan fingerprint density at radius 1 is 1.19 bits per heavy atom. The maximum absolute atomic E-state index is 5.91. The highest BCUT2D eigenvalue weighted by Gasteiger charge is 2.28. The Morgan fingerprint density at radius 3 is 2.46 bits per heavy atom. The number of halogens is 2. The maximum atomic E-state index is 5.91. The molecule has 0 spiro atoms. The summed E-state index contributed by atoms with van der Waals surface area (Å²) in [4.78, 5) is 6.80. The van der Waals surface area contributed by atoms with Crippen molar-refractivity contribution in [2.45, 2.75) is 32.2 Å². The predicted molar refractivity (Wildman–Crippen MR) is 121 cm³/mol. The van der Waals surface area contributed by atoms with Crippen molar-refractivity contribution >= 4 is 41.5 Å². The second-order valence-corrected chi connectivity index (χ2v) is 7.43. The molecule has 1 aromatic rings. The van der Waals surface area contributed by atoms with Crippen LogP contribution in [0.1, 0.15) is 25.8 Å². The minimum absolute atomic E-state index is 0. The largest absolute Gasteiger partial charge is 0.379 e. The highest BCUT2D eigenvalue weighted by Crippen LogP contribution is 2.15. The smallest absolute Gasteiger partial charge is 0.191 e. The van der Waals surface area contributed by atoms with Crippen molar-refractivity contribution < 1.29 is 4.74 Å². The van der Waals surface area contributed by atoms with Crippen LogP contribution in [0.2, 0.25) is 5.02 Å². The van der Waals surface area contributed by atoms with Crippen LogP contribution in [0, 0.1) is 0 Å². The number of benzene rings is 1. The van der Waals surface area contributed by atoms with E-state index in [1.165, 1.54) is 5.56 Å². The average Bonchev–Trinajstić information content (AvgIpc) is 2.63. The van der Waals surface area contributed by atoms with E-state index in [1.807, 2.05) is 19.2 Å². The summed E-state index contributed by atoms with van der Waals surface area (Å²) in [7, 11) is 1.82. The van der Waals surface area contributed by atoms with Crippen LogP contribution < -0.4 is 10.6 Å². The molecule has 0 aliphatic carbocycles. The second kappa shape index (κ2) is 12.0. The van der Waals surface area contributed by atoms with Gasteiger partial charge in [0, 0.05) is 43.8 Å². The summed E-state index contributed by atoms with van der Waals surface area (Å²) in [6.07, 6.45) is 2.08. The van der Waals surface area contributed by atoms with Crippen molar-refractivity contribution in [3.63, 3.8) is 0 Å². The molecular formula is C19H32ClIN4O. The monoisotopic (exact) mass is 494 g/mol. The lowest BCUT2D eigenvalue weighted by atomic mass is 10.0. The first-order valence-corrected chi connectivity index (χ1v) is 9.41. The van der Waals surface area contributed by atoms with Gasteiger partial charge in [0.05, 0.1) is 13.2 Å². The van der Waals surface area contributed by atoms with Gasteiger partial charge in [-0.25, -0.2) is 0 Å². The van der Waals surface area contributed by atoms with E-state index in [4.69, 9.17) is 16.3 Å². The number of aryl methyl sites for hydroxylation is 1. The SMILES string of the molecule is CN=C(NCCCc1ccc(Cl)cc1)NCC(C)(C)N1CCOCC1.I. The van der Waals surface area contributed by atoms with Gasteiger partial charge in [-0.2, -0.15) is 0 Å². The van der Waals surface area contributed by atoms with E-state index in [-0.39, 0.29) is 29.5 Å². The minimum Gasteiger partial charge on any atom is -0.379 e. The number of nitrogens with one attached hydrogen (secondary N) is 2. The number of guanidine groups is 1. The van der Waals surface area contributed by atoms with Crippen LogP contribution in [0.15, 0.2) is 29.3 Å². The van der Waals surface area contributed by atoms with Gasteiger partial charge >= 0.3 is 0 Å². The molecule has 2 N–H and O–H groups in total. The van der Waals surface area contributed by atoms with Crippen LogP contribution in [-0.4, -0.2) is 62.8 Å². The summed E-state index contributed by atoms with van der Waals surface area (Å²) in [6, 6.07) is 8.05. The van der Waals surface area contributed by atoms with Crippen LogP contribution in [0.25, 0.3) is 0 Å². The maximum Gasteiger partial charge on any atom is 0.191 e. The van der Waals surface area contributed by atoms with Gasteiger partial charge in [0.1, 0.15) is 0 Å². The van der Waals surface area contributed by atoms with Gasteiger partial charge in [0.25, 0.3) is 0 Å². The molecule has 0 amide bonds. The van der Waals surface area contributed by atoms with E-state index in [0.29, 0.717) is 0 Å². The summed E-state index contributed by atoms with van der Waals surface area (Å²) >= 11 is 5.91. The van der Waals surface area contributed by atoms with Crippen molar-refractivity contribution in [2.24, 2.45) is 4.99 Å². The van der Waals surface area contributed by atoms with Crippen LogP contribution in [-0.2, 0) is 11.2 Å². The van der Waals surface area contributed by atoms with Crippen molar-refractivity contribution in [3.05, 3.63) is 34.9 Å². The molecule has 0 radical (unpaired) electrons. The Kier molecular flexibility index (Phi) is 10.8. The van der Waals surface area contributed by atoms with E-state index < -0.39 is 0 Å². The third-order valence-electron chi connectivity index (χ3n) is 4.63. The minimum atomic E-state index is 0. The number of hydrogen-bond acceptors (Lipinski definition) is 3. The Balaban J connectivity index is 0.00000338. The summed E-state index contributed by atoms with van der Waals surface area (Å²) < 4.78 is 5.44. The van der Waals surface area contributed by atoms with E-state index in [0.717, 1.165) is 63.2 Å². The van der Waals surface area contributed by atoms with Crippen molar-refractivity contribution in [1.82, 2.24) is 15.5 Å². The lowest BCUT2D eigenvalue weighted by molar-refractivity contribution is -0.00833. The van der Waals surface area contributed by atoms with E-state index >= 15 is 0 Å². The quantitative estimate of drug-likeness (QED) is 0.265. The van der Waals surface area contributed by atoms with Gasteiger partial charge in [0.15, 0.2) is 5.96 Å². The van der Waals surface area contributed by atoms with Crippen molar-refractivity contribution in [1.29, 1.82) is 0 Å². The molecule has 0 atom stereocenters. The molecule has 5 nitrogen and oxygen atoms in total. The summed E-state index contributed by atoms with van der Waals surface area (Å²) in [5, 5.41) is 7.63. The average molecular weight is 495 g/mol. The Bertz CT molecular complexity index is 545. The van der Waals surface area contributed by atoms with Gasteiger partial charge in [-0.15, -0.1) is 24.0 Å². The van der Waals surface area contributed by atoms with Gasteiger partial charge in [0.2, 0.25) is 0 Å². The Hall–Kier alpha value is -0.570. The lowest BCUT2D eigenvalue weighted by Gasteiger charge is -2.41. The van der Waals surface area contributed by atoms with Crippen LogP contribution in [0.4, 0.5) is 0 Å². The summed E-state index contributed by atoms with van der Waals surface area (Å²) in [6.45, 7) is 9.88. The molecule has 2 rings (SSSR count). The zero-order valence-electron chi connectivity index (χ0n) is 16.1. The van der Waals surface area contributed by atoms with Gasteiger partial charge in [-0.3, -0.25) is 9.89 Å². The fraction of sp³-hybridized carbons (Fsp3) is 0.632. The molecule has 1 saturated heterocycles. The zero-order chi connectivity index (χ0) is 18.1. The predicted octanol–water partition coefficient (Wildman–Crippen LogP) is 3.17. The van der Waals surface area contributed by atoms with Crippen LogP contribution in [0.5, 0.6) is 0 Å². The topological polar surface area (TPSA) is 48.9 Å². The molecule has 1 aliphatic rings. The first-order chi connectivity index (χ1) is 12.0. The molecule has 1 aromatic carbocycles. The first-order valence-electron chi connectivity index (χ1n) is 9.03. The molecule has 0 bridgehead atoms. The summed E-state index contributed by atoms with van der Waals surface area (Å²) in [5.74, 6) is 0.859. The molecule has 148 valence electrons. The van der Waals surface area contributed by atoms with Crippen LogP contribution in [0.3, 0.4) is 0 Å². The molecular weight excluding hydrogens is 463 g/mol.